The molecule has 4 nitrogen and oxygen atoms in total. The van der Waals surface area contributed by atoms with Crippen molar-refractivity contribution in [1.29, 1.82) is 0 Å². The molecule has 3 atom stereocenters. The van der Waals surface area contributed by atoms with Crippen molar-refractivity contribution in [1.82, 2.24) is 0 Å². The van der Waals surface area contributed by atoms with E-state index in [2.05, 4.69) is 0 Å². The van der Waals surface area contributed by atoms with Crippen molar-refractivity contribution in [3.8, 4) is 0 Å². The molecule has 0 amide bonds. The summed E-state index contributed by atoms with van der Waals surface area (Å²) in [6.07, 6.45) is 2.88. The number of aliphatic hydroxyl groups excluding tert-OH is 1. The number of allylic oxidation sites excluding steroid dienone is 1. The molecule has 0 spiro atoms. The molecule has 0 aromatic rings. The lowest BCUT2D eigenvalue weighted by atomic mass is 9.92. The van der Waals surface area contributed by atoms with Crippen LogP contribution in [0.15, 0.2) is 12.2 Å². The molecule has 0 unspecified atom stereocenters. The summed E-state index contributed by atoms with van der Waals surface area (Å²) in [5.41, 5.74) is 0. The third-order valence-corrected chi connectivity index (χ3v) is 2.31. The average molecular weight is 186 g/mol. The molecular formula is C9H14O4. The third-order valence-electron chi connectivity index (χ3n) is 2.31. The summed E-state index contributed by atoms with van der Waals surface area (Å²) >= 11 is 0. The number of ether oxygens (including phenoxy) is 1. The van der Waals surface area contributed by atoms with Crippen LogP contribution < -0.4 is 0 Å². The lowest BCUT2D eigenvalue weighted by Crippen LogP contribution is -2.26. The lowest BCUT2D eigenvalue weighted by molar-refractivity contribution is -0.138. The second-order valence-corrected chi connectivity index (χ2v) is 3.26. The highest BCUT2D eigenvalue weighted by Crippen LogP contribution is 2.28. The third kappa shape index (κ3) is 2.54. The summed E-state index contributed by atoms with van der Waals surface area (Å²) in [5, 5.41) is 18.0. The highest BCUT2D eigenvalue weighted by molar-refractivity contribution is 5.67. The molecule has 2 N–H and O–H groups in total. The molecular weight excluding hydrogens is 172 g/mol. The zero-order chi connectivity index (χ0) is 9.84. The van der Waals surface area contributed by atoms with Gasteiger partial charge in [-0.15, -0.1) is 0 Å². The lowest BCUT2D eigenvalue weighted by Gasteiger charge is -2.19. The Morgan fingerprint density at radius 2 is 2.23 bits per heavy atom. The van der Waals surface area contributed by atoms with Crippen molar-refractivity contribution in [3.63, 3.8) is 0 Å². The smallest absolute Gasteiger partial charge is 0.303 e. The molecule has 1 rings (SSSR count). The number of aliphatic hydroxyl groups is 1. The molecule has 0 radical (unpaired) electrons. The average Bonchev–Trinajstić information content (AvgIpc) is 2.35. The first-order chi connectivity index (χ1) is 6.15. The predicted molar refractivity (Wildman–Crippen MR) is 46.3 cm³/mol. The summed E-state index contributed by atoms with van der Waals surface area (Å²) in [4.78, 5) is 10.5. The van der Waals surface area contributed by atoms with Gasteiger partial charge in [0.25, 0.3) is 0 Å². The summed E-state index contributed by atoms with van der Waals surface area (Å²) in [6.45, 7) is 0.395. The van der Waals surface area contributed by atoms with Crippen LogP contribution >= 0.6 is 0 Å². The Bertz CT molecular complexity index is 212. The van der Waals surface area contributed by atoms with E-state index in [1.165, 1.54) is 0 Å². The van der Waals surface area contributed by atoms with E-state index in [-0.39, 0.29) is 18.3 Å². The first-order valence-corrected chi connectivity index (χ1v) is 4.22. The number of rotatable bonds is 4. The van der Waals surface area contributed by atoms with Gasteiger partial charge in [-0.1, -0.05) is 12.2 Å². The van der Waals surface area contributed by atoms with E-state index < -0.39 is 12.1 Å². The van der Waals surface area contributed by atoms with E-state index >= 15 is 0 Å². The summed E-state index contributed by atoms with van der Waals surface area (Å²) in [6, 6.07) is 0. The second-order valence-electron chi connectivity index (χ2n) is 3.26. The molecule has 0 aliphatic heterocycles. The number of methoxy groups -OCH3 is 1. The van der Waals surface area contributed by atoms with Gasteiger partial charge in [-0.25, -0.2) is 0 Å². The number of carboxylic acids is 1. The zero-order valence-corrected chi connectivity index (χ0v) is 7.51. The van der Waals surface area contributed by atoms with E-state index in [1.807, 2.05) is 0 Å². The Labute approximate surface area is 76.8 Å². The van der Waals surface area contributed by atoms with Crippen molar-refractivity contribution < 1.29 is 19.7 Å². The monoisotopic (exact) mass is 186 g/mol. The molecule has 13 heavy (non-hydrogen) atoms. The molecule has 0 fully saturated rings. The Kier molecular flexibility index (Phi) is 3.45. The molecule has 0 aromatic heterocycles. The first-order valence-electron chi connectivity index (χ1n) is 4.22. The van der Waals surface area contributed by atoms with Crippen molar-refractivity contribution in [3.05, 3.63) is 12.2 Å². The number of hydrogen-bond acceptors (Lipinski definition) is 3. The Morgan fingerprint density at radius 3 is 2.77 bits per heavy atom. The van der Waals surface area contributed by atoms with Crippen molar-refractivity contribution in [2.75, 3.05) is 13.7 Å². The predicted octanol–water partition coefficient (Wildman–Crippen LogP) is 0.271. The van der Waals surface area contributed by atoms with E-state index in [0.717, 1.165) is 0 Å². The van der Waals surface area contributed by atoms with Crippen molar-refractivity contribution in [2.45, 2.75) is 12.5 Å². The first kappa shape index (κ1) is 10.2. The maximum Gasteiger partial charge on any atom is 0.303 e. The molecule has 4 heteroatoms. The normalized spacial score (nSPS) is 32.3. The van der Waals surface area contributed by atoms with Gasteiger partial charge in [0.05, 0.1) is 19.1 Å². The largest absolute Gasteiger partial charge is 0.481 e. The van der Waals surface area contributed by atoms with Crippen LogP contribution in [0.5, 0.6) is 0 Å². The fraction of sp³-hybridized carbons (Fsp3) is 0.667. The summed E-state index contributed by atoms with van der Waals surface area (Å²) < 4.78 is 4.92. The maximum atomic E-state index is 10.5. The molecule has 0 heterocycles. The molecule has 1 aliphatic rings. The number of hydrogen-bond donors (Lipinski definition) is 2. The van der Waals surface area contributed by atoms with Gasteiger partial charge in [0.1, 0.15) is 0 Å². The Balaban J connectivity index is 2.52. The fourth-order valence-corrected chi connectivity index (χ4v) is 1.63. The van der Waals surface area contributed by atoms with Gasteiger partial charge in [-0.2, -0.15) is 0 Å². The minimum Gasteiger partial charge on any atom is -0.481 e. The minimum absolute atomic E-state index is 0.0571. The van der Waals surface area contributed by atoms with Crippen LogP contribution in [-0.2, 0) is 9.53 Å². The van der Waals surface area contributed by atoms with Crippen LogP contribution in [0.3, 0.4) is 0 Å². The Hall–Kier alpha value is -0.870. The molecule has 74 valence electrons. The van der Waals surface area contributed by atoms with Gasteiger partial charge >= 0.3 is 5.97 Å². The number of carboxylic acid groups (broad SMARTS) is 1. The fourth-order valence-electron chi connectivity index (χ4n) is 1.63. The molecule has 0 aromatic carbocycles. The van der Waals surface area contributed by atoms with Gasteiger partial charge in [-0.3, -0.25) is 4.79 Å². The zero-order valence-electron chi connectivity index (χ0n) is 7.51. The highest BCUT2D eigenvalue weighted by Gasteiger charge is 2.31. The van der Waals surface area contributed by atoms with E-state index in [9.17, 15) is 9.90 Å². The van der Waals surface area contributed by atoms with Gasteiger partial charge in [0.2, 0.25) is 0 Å². The van der Waals surface area contributed by atoms with E-state index in [4.69, 9.17) is 9.84 Å². The molecule has 0 bridgehead atoms. The quantitative estimate of drug-likeness (QED) is 0.618. The van der Waals surface area contributed by atoms with E-state index in [0.29, 0.717) is 6.61 Å². The van der Waals surface area contributed by atoms with Crippen LogP contribution in [0.4, 0.5) is 0 Å². The van der Waals surface area contributed by atoms with Crippen LogP contribution in [-0.4, -0.2) is 36.0 Å². The molecule has 0 saturated carbocycles. The molecule has 1 aliphatic carbocycles. The Morgan fingerprint density at radius 1 is 1.54 bits per heavy atom. The van der Waals surface area contributed by atoms with Crippen LogP contribution in [0.25, 0.3) is 0 Å². The molecule has 0 saturated heterocycles. The standard InChI is InChI=1S/C9H14O4/c1-13-5-7-6(4-9(11)12)2-3-8(7)10/h2-3,6-8,10H,4-5H2,1H3,(H,11,12)/t6-,7-,8-/m0/s1. The summed E-state index contributed by atoms with van der Waals surface area (Å²) in [7, 11) is 1.54. The van der Waals surface area contributed by atoms with Gasteiger partial charge in [0.15, 0.2) is 0 Å². The van der Waals surface area contributed by atoms with Crippen molar-refractivity contribution >= 4 is 5.97 Å². The van der Waals surface area contributed by atoms with E-state index in [1.54, 1.807) is 19.3 Å². The number of carbonyl (C=O) groups is 1. The van der Waals surface area contributed by atoms with Gasteiger partial charge < -0.3 is 14.9 Å². The van der Waals surface area contributed by atoms with Gasteiger partial charge in [0, 0.05) is 13.0 Å². The minimum atomic E-state index is -0.843. The second kappa shape index (κ2) is 4.39. The van der Waals surface area contributed by atoms with Gasteiger partial charge in [-0.05, 0) is 5.92 Å². The number of aliphatic carboxylic acids is 1. The maximum absolute atomic E-state index is 10.5. The van der Waals surface area contributed by atoms with Crippen LogP contribution in [0.2, 0.25) is 0 Å². The SMILES string of the molecule is COC[C@@H]1[C@@H](O)C=C[C@H]1CC(=O)O. The summed E-state index contributed by atoms with van der Waals surface area (Å²) in [5.74, 6) is -1.06. The highest BCUT2D eigenvalue weighted by atomic mass is 16.5. The topological polar surface area (TPSA) is 66.8 Å². The van der Waals surface area contributed by atoms with Crippen LogP contribution in [0, 0.1) is 11.8 Å². The van der Waals surface area contributed by atoms with Crippen LogP contribution in [0.1, 0.15) is 6.42 Å². The van der Waals surface area contributed by atoms with Crippen molar-refractivity contribution in [2.24, 2.45) is 11.8 Å².